The Hall–Kier alpha value is -5.90. The van der Waals surface area contributed by atoms with Gasteiger partial charge in [0.15, 0.2) is 18.9 Å². The molecule has 2 aliphatic rings. The van der Waals surface area contributed by atoms with Gasteiger partial charge in [0.2, 0.25) is 0 Å². The highest BCUT2D eigenvalue weighted by Gasteiger charge is 2.47. The van der Waals surface area contributed by atoms with E-state index in [-0.39, 0.29) is 37.4 Å². The van der Waals surface area contributed by atoms with Crippen LogP contribution in [0.15, 0.2) is 127 Å². The third-order valence-corrected chi connectivity index (χ3v) is 9.14. The molecule has 0 fully saturated rings. The number of amidine groups is 1. The fourth-order valence-electron chi connectivity index (χ4n) is 6.63. The normalized spacial score (nSPS) is 17.2. The number of hydrogen-bond acceptors (Lipinski definition) is 6. The summed E-state index contributed by atoms with van der Waals surface area (Å²) in [6.45, 7) is 8.04. The highest BCUT2D eigenvalue weighted by Crippen LogP contribution is 2.34. The number of aromatic nitrogens is 1. The predicted molar refractivity (Wildman–Crippen MR) is 197 cm³/mol. The minimum Gasteiger partial charge on any atom is -0.462 e. The molecule has 3 aromatic carbocycles. The largest absolute Gasteiger partial charge is 0.462 e. The SMILES string of the molecule is CC(C)[C@@H]1C(=O)N([C@@H](Cc2ccccc2)C(=O)N(CC=O)C2=NC(C)(C)CO2)C(c2ccccc2)=CN1C(=O)c1ccc[n+](Cc2ccccc2)c1. The topological polar surface area (TPSA) is 103 Å². The van der Waals surface area contributed by atoms with Crippen LogP contribution in [0.5, 0.6) is 0 Å². The Balaban J connectivity index is 1.47. The number of amides is 3. The van der Waals surface area contributed by atoms with Crippen LogP contribution in [0.25, 0.3) is 5.70 Å². The number of carbonyl (C=O) groups is 4. The van der Waals surface area contributed by atoms with Crippen LogP contribution in [0.2, 0.25) is 0 Å². The second-order valence-corrected chi connectivity index (χ2v) is 14.1. The summed E-state index contributed by atoms with van der Waals surface area (Å²) in [4.78, 5) is 65.4. The van der Waals surface area contributed by atoms with Gasteiger partial charge in [0.05, 0.1) is 17.8 Å². The molecule has 2 aliphatic heterocycles. The molecule has 0 radical (unpaired) electrons. The number of hydrogen-bond donors (Lipinski definition) is 0. The molecule has 0 saturated carbocycles. The number of aliphatic imine (C=N–C) groups is 1. The van der Waals surface area contributed by atoms with Gasteiger partial charge in [-0.15, -0.1) is 0 Å². The van der Waals surface area contributed by atoms with Crippen LogP contribution in [0, 0.1) is 5.92 Å². The van der Waals surface area contributed by atoms with E-state index in [1.54, 1.807) is 18.5 Å². The maximum absolute atomic E-state index is 15.1. The number of benzene rings is 3. The Labute approximate surface area is 304 Å². The van der Waals surface area contributed by atoms with Crippen LogP contribution in [-0.4, -0.2) is 75.5 Å². The van der Waals surface area contributed by atoms with Crippen molar-refractivity contribution < 1.29 is 28.5 Å². The van der Waals surface area contributed by atoms with Crippen LogP contribution in [0.4, 0.5) is 0 Å². The van der Waals surface area contributed by atoms with Gasteiger partial charge in [-0.25, -0.2) is 4.99 Å². The summed E-state index contributed by atoms with van der Waals surface area (Å²) >= 11 is 0. The van der Waals surface area contributed by atoms with Crippen molar-refractivity contribution in [3.63, 3.8) is 0 Å². The molecule has 266 valence electrons. The number of rotatable bonds is 11. The van der Waals surface area contributed by atoms with E-state index in [0.29, 0.717) is 29.7 Å². The molecule has 10 heteroatoms. The van der Waals surface area contributed by atoms with Gasteiger partial charge in [0.25, 0.3) is 23.7 Å². The lowest BCUT2D eigenvalue weighted by Gasteiger charge is -2.44. The van der Waals surface area contributed by atoms with Crippen molar-refractivity contribution in [3.8, 4) is 0 Å². The quantitative estimate of drug-likeness (QED) is 0.160. The molecule has 0 saturated heterocycles. The molecule has 0 unspecified atom stereocenters. The first-order valence-electron chi connectivity index (χ1n) is 17.5. The van der Waals surface area contributed by atoms with E-state index in [4.69, 9.17) is 4.74 Å². The van der Waals surface area contributed by atoms with Crippen LogP contribution in [0.1, 0.15) is 54.7 Å². The number of pyridine rings is 1. The summed E-state index contributed by atoms with van der Waals surface area (Å²) in [5.41, 5.74) is 2.76. The first-order chi connectivity index (χ1) is 25.1. The van der Waals surface area contributed by atoms with Gasteiger partial charge in [-0.1, -0.05) is 105 Å². The summed E-state index contributed by atoms with van der Waals surface area (Å²) in [5, 5.41) is 0. The smallest absolute Gasteiger partial charge is 0.295 e. The van der Waals surface area contributed by atoms with Gasteiger partial charge in [-0.3, -0.25) is 29.1 Å². The number of carbonyl (C=O) groups excluding carboxylic acids is 4. The lowest BCUT2D eigenvalue weighted by molar-refractivity contribution is -0.688. The maximum Gasteiger partial charge on any atom is 0.295 e. The number of ether oxygens (including phenoxy) is 1. The number of nitrogens with zero attached hydrogens (tertiary/aromatic N) is 5. The molecule has 4 aromatic rings. The standard InChI is InChI=1S/C42H44N5O5/c1-30(2)37-40(51)47(35(25-31-15-8-5-9-16-31)39(50)45(23-24-48)41-43-42(3,4)29-52-41)36(33-19-12-7-13-20-33)28-46(37)38(49)34-21-14-22-44(27-34)26-32-17-10-6-11-18-32/h5-22,24,27-28,30,35,37H,23,25-26,29H2,1-4H3/q+1/t35-,37+/m0/s1. The van der Waals surface area contributed by atoms with Gasteiger partial charge in [0.1, 0.15) is 30.5 Å². The zero-order chi connectivity index (χ0) is 36.8. The van der Waals surface area contributed by atoms with Gasteiger partial charge < -0.3 is 9.53 Å². The lowest BCUT2D eigenvalue weighted by Crippen LogP contribution is -2.61. The fourth-order valence-corrected chi connectivity index (χ4v) is 6.63. The second kappa shape index (κ2) is 15.6. The monoisotopic (exact) mass is 698 g/mol. The van der Waals surface area contributed by atoms with E-state index >= 15 is 4.79 Å². The lowest BCUT2D eigenvalue weighted by atomic mass is 9.93. The van der Waals surface area contributed by atoms with Gasteiger partial charge in [-0.05, 0) is 37.0 Å². The van der Waals surface area contributed by atoms with Crippen LogP contribution in [-0.2, 0) is 32.1 Å². The Morgan fingerprint density at radius 2 is 1.58 bits per heavy atom. The van der Waals surface area contributed by atoms with E-state index in [1.165, 1.54) is 14.7 Å². The molecule has 0 spiro atoms. The second-order valence-electron chi connectivity index (χ2n) is 14.1. The van der Waals surface area contributed by atoms with Crippen molar-refractivity contribution in [1.29, 1.82) is 0 Å². The Morgan fingerprint density at radius 3 is 2.17 bits per heavy atom. The molecular formula is C42H44N5O5+. The van der Waals surface area contributed by atoms with Crippen molar-refractivity contribution in [2.75, 3.05) is 13.2 Å². The Kier molecular flexibility index (Phi) is 10.7. The Bertz CT molecular complexity index is 1980. The maximum atomic E-state index is 15.1. The average molecular weight is 699 g/mol. The zero-order valence-corrected chi connectivity index (χ0v) is 30.0. The van der Waals surface area contributed by atoms with Crippen molar-refractivity contribution >= 4 is 35.7 Å². The van der Waals surface area contributed by atoms with Gasteiger partial charge >= 0.3 is 0 Å². The molecule has 3 amide bonds. The minimum absolute atomic E-state index is 0.0416. The summed E-state index contributed by atoms with van der Waals surface area (Å²) < 4.78 is 7.80. The third-order valence-electron chi connectivity index (χ3n) is 9.14. The van der Waals surface area contributed by atoms with Crippen molar-refractivity contribution in [1.82, 2.24) is 14.7 Å². The molecule has 6 rings (SSSR count). The third kappa shape index (κ3) is 7.86. The average Bonchev–Trinajstić information content (AvgIpc) is 3.52. The zero-order valence-electron chi connectivity index (χ0n) is 30.0. The fraction of sp³-hybridized carbons (Fsp3) is 0.286. The highest BCUT2D eigenvalue weighted by molar-refractivity contribution is 6.06. The minimum atomic E-state index is -1.11. The Morgan fingerprint density at radius 1 is 0.942 bits per heavy atom. The first kappa shape index (κ1) is 35.9. The van der Waals surface area contributed by atoms with Crippen molar-refractivity contribution in [2.24, 2.45) is 10.9 Å². The molecule has 2 atom stereocenters. The molecule has 0 bridgehead atoms. The molecule has 0 aliphatic carbocycles. The highest BCUT2D eigenvalue weighted by atomic mass is 16.5. The van der Waals surface area contributed by atoms with Crippen LogP contribution >= 0.6 is 0 Å². The van der Waals surface area contributed by atoms with Gasteiger partial charge in [0, 0.05) is 24.3 Å². The van der Waals surface area contributed by atoms with E-state index in [0.717, 1.165) is 11.1 Å². The van der Waals surface area contributed by atoms with E-state index in [9.17, 15) is 14.4 Å². The molecule has 0 N–H and O–H groups in total. The van der Waals surface area contributed by atoms with Crippen LogP contribution < -0.4 is 4.57 Å². The van der Waals surface area contributed by atoms with E-state index in [2.05, 4.69) is 4.99 Å². The molecule has 52 heavy (non-hydrogen) atoms. The van der Waals surface area contributed by atoms with Crippen LogP contribution in [0.3, 0.4) is 0 Å². The number of aldehydes is 1. The molecule has 10 nitrogen and oxygen atoms in total. The summed E-state index contributed by atoms with van der Waals surface area (Å²) in [6.07, 6.45) is 6.16. The molecule has 3 heterocycles. The molecule has 1 aromatic heterocycles. The van der Waals surface area contributed by atoms with E-state index in [1.807, 2.05) is 136 Å². The summed E-state index contributed by atoms with van der Waals surface area (Å²) in [5.74, 6) is -1.59. The molecular weight excluding hydrogens is 654 g/mol. The van der Waals surface area contributed by atoms with Crippen molar-refractivity contribution in [2.45, 2.75) is 58.3 Å². The first-order valence-corrected chi connectivity index (χ1v) is 17.5. The van der Waals surface area contributed by atoms with Gasteiger partial charge in [-0.2, -0.15) is 4.57 Å². The summed E-state index contributed by atoms with van der Waals surface area (Å²) in [7, 11) is 0. The predicted octanol–water partition coefficient (Wildman–Crippen LogP) is 5.13. The van der Waals surface area contributed by atoms with E-state index < -0.39 is 29.4 Å². The van der Waals surface area contributed by atoms with Crippen molar-refractivity contribution in [3.05, 3.63) is 144 Å². The summed E-state index contributed by atoms with van der Waals surface area (Å²) in [6, 6.07) is 30.2.